The number of carbonyl (C=O) groups is 1. The lowest BCUT2D eigenvalue weighted by Crippen LogP contribution is -2.44. The fourth-order valence-electron chi connectivity index (χ4n) is 5.31. The topological polar surface area (TPSA) is 59.0 Å². The lowest BCUT2D eigenvalue weighted by atomic mass is 9.87. The molecule has 1 saturated carbocycles. The van der Waals surface area contributed by atoms with Gasteiger partial charge in [-0.1, -0.05) is 73.5 Å². The number of rotatable bonds is 4. The van der Waals surface area contributed by atoms with E-state index in [9.17, 15) is 4.79 Å². The first-order valence-electron chi connectivity index (χ1n) is 11.3. The molecule has 1 aliphatic heterocycles. The molecule has 5 nitrogen and oxygen atoms in total. The fraction of sp³-hybridized carbons (Fsp3) is 0.385. The molecule has 1 unspecified atom stereocenters. The number of amides is 1. The average Bonchev–Trinajstić information content (AvgIpc) is 3.43. The molecular formula is C26H30N4O. The third-order valence-electron chi connectivity index (χ3n) is 6.94. The first-order valence-corrected chi connectivity index (χ1v) is 11.3. The molecule has 1 aromatic heterocycles. The zero-order chi connectivity index (χ0) is 21.5. The van der Waals surface area contributed by atoms with Gasteiger partial charge < -0.3 is 10.6 Å². The van der Waals surface area contributed by atoms with Gasteiger partial charge in [0.2, 0.25) is 0 Å². The zero-order valence-corrected chi connectivity index (χ0v) is 18.3. The summed E-state index contributed by atoms with van der Waals surface area (Å²) in [6.45, 7) is 4.37. The number of carbonyl (C=O) groups excluding carboxylic acids is 1. The molecule has 31 heavy (non-hydrogen) atoms. The van der Waals surface area contributed by atoms with E-state index in [4.69, 9.17) is 0 Å². The molecule has 0 bridgehead atoms. The Balaban J connectivity index is 1.47. The minimum absolute atomic E-state index is 0.0518. The van der Waals surface area contributed by atoms with Crippen molar-refractivity contribution < 1.29 is 4.79 Å². The van der Waals surface area contributed by atoms with E-state index in [-0.39, 0.29) is 23.0 Å². The number of nitrogens with one attached hydrogen (secondary N) is 2. The zero-order valence-electron chi connectivity index (χ0n) is 18.3. The van der Waals surface area contributed by atoms with Gasteiger partial charge in [-0.25, -0.2) is 4.68 Å². The van der Waals surface area contributed by atoms with Gasteiger partial charge in [0, 0.05) is 0 Å². The second-order valence-corrected chi connectivity index (χ2v) is 9.55. The van der Waals surface area contributed by atoms with Gasteiger partial charge in [0.15, 0.2) is 0 Å². The van der Waals surface area contributed by atoms with Crippen molar-refractivity contribution in [3.05, 3.63) is 83.6 Å². The van der Waals surface area contributed by atoms with Crippen molar-refractivity contribution >= 4 is 11.7 Å². The first kappa shape index (κ1) is 19.9. The van der Waals surface area contributed by atoms with Gasteiger partial charge in [0.25, 0.3) is 5.91 Å². The Labute approximate surface area is 183 Å². The van der Waals surface area contributed by atoms with E-state index < -0.39 is 0 Å². The van der Waals surface area contributed by atoms with E-state index in [1.807, 2.05) is 16.8 Å². The second kappa shape index (κ2) is 7.56. The van der Waals surface area contributed by atoms with Gasteiger partial charge in [-0.2, -0.15) is 5.10 Å². The predicted octanol–water partition coefficient (Wildman–Crippen LogP) is 5.37. The Morgan fingerprint density at radius 3 is 2.35 bits per heavy atom. The molecule has 0 radical (unpaired) electrons. The summed E-state index contributed by atoms with van der Waals surface area (Å²) < 4.78 is 1.98. The summed E-state index contributed by atoms with van der Waals surface area (Å²) in [4.78, 5) is 13.6. The van der Waals surface area contributed by atoms with Crippen LogP contribution in [-0.4, -0.2) is 15.7 Å². The Kier molecular flexibility index (Phi) is 4.84. The van der Waals surface area contributed by atoms with Crippen LogP contribution in [-0.2, 0) is 11.1 Å². The number of nitrogens with zero attached hydrogens (tertiary/aromatic N) is 2. The van der Waals surface area contributed by atoms with E-state index >= 15 is 0 Å². The molecule has 0 saturated heterocycles. The average molecular weight is 415 g/mol. The van der Waals surface area contributed by atoms with E-state index in [1.54, 1.807) is 6.20 Å². The lowest BCUT2D eigenvalue weighted by Gasteiger charge is -2.38. The molecule has 5 heteroatoms. The van der Waals surface area contributed by atoms with E-state index in [1.165, 1.54) is 11.1 Å². The predicted molar refractivity (Wildman–Crippen MR) is 123 cm³/mol. The Hall–Kier alpha value is -3.08. The van der Waals surface area contributed by atoms with Crippen LogP contribution in [0.5, 0.6) is 0 Å². The highest BCUT2D eigenvalue weighted by Gasteiger charge is 2.40. The first-order chi connectivity index (χ1) is 15.0. The van der Waals surface area contributed by atoms with Crippen LogP contribution in [0.1, 0.15) is 73.5 Å². The third-order valence-corrected chi connectivity index (χ3v) is 6.94. The summed E-state index contributed by atoms with van der Waals surface area (Å²) >= 11 is 0. The maximum absolute atomic E-state index is 13.6. The van der Waals surface area contributed by atoms with E-state index in [0.29, 0.717) is 5.56 Å². The number of fused-ring (bicyclic) bond motifs is 1. The van der Waals surface area contributed by atoms with Crippen molar-refractivity contribution in [2.24, 2.45) is 0 Å². The Morgan fingerprint density at radius 1 is 1.03 bits per heavy atom. The quantitative estimate of drug-likeness (QED) is 0.603. The third kappa shape index (κ3) is 3.52. The Morgan fingerprint density at radius 2 is 1.68 bits per heavy atom. The minimum atomic E-state index is -0.295. The molecule has 2 N–H and O–H groups in total. The molecule has 1 fully saturated rings. The van der Waals surface area contributed by atoms with E-state index in [0.717, 1.165) is 37.9 Å². The van der Waals surface area contributed by atoms with Gasteiger partial charge in [0.1, 0.15) is 11.4 Å². The standard InChI is InChI=1S/C26H30N4O/c1-25(2)17-22(19-11-5-3-6-12-19)28-23-21(18-27-30(23)25)24(31)29-26(15-9-10-16-26)20-13-7-4-8-14-20/h3-8,11-14,18,22,28H,9-10,15-17H2,1-2H3,(H,29,31). The number of anilines is 1. The maximum atomic E-state index is 13.6. The monoisotopic (exact) mass is 414 g/mol. The molecule has 1 aliphatic carbocycles. The molecule has 1 amide bonds. The minimum Gasteiger partial charge on any atom is -0.363 e. The highest BCUT2D eigenvalue weighted by Crippen LogP contribution is 2.42. The summed E-state index contributed by atoms with van der Waals surface area (Å²) in [5, 5.41) is 11.6. The molecule has 0 spiro atoms. The van der Waals surface area contributed by atoms with Gasteiger partial charge in [-0.3, -0.25) is 4.79 Å². The van der Waals surface area contributed by atoms with Crippen molar-refractivity contribution in [2.45, 2.75) is 63.1 Å². The van der Waals surface area contributed by atoms with Crippen LogP contribution in [0.2, 0.25) is 0 Å². The summed E-state index contributed by atoms with van der Waals surface area (Å²) in [5.74, 6) is 0.757. The second-order valence-electron chi connectivity index (χ2n) is 9.55. The molecule has 1 atom stereocenters. The van der Waals surface area contributed by atoms with Crippen LogP contribution in [0.4, 0.5) is 5.82 Å². The van der Waals surface area contributed by atoms with Gasteiger partial charge in [-0.15, -0.1) is 0 Å². The van der Waals surface area contributed by atoms with Crippen molar-refractivity contribution in [3.63, 3.8) is 0 Å². The summed E-state index contributed by atoms with van der Waals surface area (Å²) in [6, 6.07) is 21.0. The van der Waals surface area contributed by atoms with Crippen LogP contribution in [0.3, 0.4) is 0 Å². The van der Waals surface area contributed by atoms with E-state index in [2.05, 4.69) is 78.1 Å². The molecule has 3 aromatic rings. The van der Waals surface area contributed by atoms with Crippen LogP contribution in [0, 0.1) is 0 Å². The number of hydrogen-bond acceptors (Lipinski definition) is 3. The van der Waals surface area contributed by atoms with Crippen LogP contribution < -0.4 is 10.6 Å². The smallest absolute Gasteiger partial charge is 0.257 e. The van der Waals surface area contributed by atoms with Crippen molar-refractivity contribution in [3.8, 4) is 0 Å². The lowest BCUT2D eigenvalue weighted by molar-refractivity contribution is 0.0898. The summed E-state index contributed by atoms with van der Waals surface area (Å²) in [5.41, 5.74) is 2.56. The molecule has 2 heterocycles. The van der Waals surface area contributed by atoms with Crippen LogP contribution in [0.15, 0.2) is 66.9 Å². The Bertz CT molecular complexity index is 1070. The maximum Gasteiger partial charge on any atom is 0.257 e. The normalized spacial score (nSPS) is 21.2. The van der Waals surface area contributed by atoms with Crippen LogP contribution >= 0.6 is 0 Å². The molecular weight excluding hydrogens is 384 g/mol. The highest BCUT2D eigenvalue weighted by molar-refractivity contribution is 5.99. The molecule has 2 aliphatic rings. The van der Waals surface area contributed by atoms with Gasteiger partial charge in [-0.05, 0) is 44.2 Å². The number of hydrogen-bond donors (Lipinski definition) is 2. The van der Waals surface area contributed by atoms with Crippen molar-refractivity contribution in [1.29, 1.82) is 0 Å². The van der Waals surface area contributed by atoms with Crippen molar-refractivity contribution in [1.82, 2.24) is 15.1 Å². The number of benzene rings is 2. The molecule has 160 valence electrons. The SMILES string of the molecule is CC1(C)CC(c2ccccc2)Nc2c(C(=O)NC3(c4ccccc4)CCCC3)cnn21. The number of aromatic nitrogens is 2. The van der Waals surface area contributed by atoms with Crippen molar-refractivity contribution in [2.75, 3.05) is 5.32 Å². The van der Waals surface area contributed by atoms with Gasteiger partial charge >= 0.3 is 0 Å². The molecule has 5 rings (SSSR count). The summed E-state index contributed by atoms with van der Waals surface area (Å²) in [6.07, 6.45) is 6.82. The van der Waals surface area contributed by atoms with Gasteiger partial charge in [0.05, 0.1) is 23.3 Å². The molecule has 2 aromatic carbocycles. The largest absolute Gasteiger partial charge is 0.363 e. The fourth-order valence-corrected chi connectivity index (χ4v) is 5.31. The summed E-state index contributed by atoms with van der Waals surface area (Å²) in [7, 11) is 0. The highest BCUT2D eigenvalue weighted by atomic mass is 16.1. The van der Waals surface area contributed by atoms with Crippen LogP contribution in [0.25, 0.3) is 0 Å².